The Morgan fingerprint density at radius 2 is 2.06 bits per heavy atom. The summed E-state index contributed by atoms with van der Waals surface area (Å²) in [6.45, 7) is 3.12. The molecule has 2 unspecified atom stereocenters. The van der Waals surface area contributed by atoms with Crippen molar-refractivity contribution in [3.63, 3.8) is 0 Å². The van der Waals surface area contributed by atoms with Crippen molar-refractivity contribution in [1.29, 1.82) is 0 Å². The van der Waals surface area contributed by atoms with Crippen LogP contribution in [0.15, 0.2) is 0 Å². The van der Waals surface area contributed by atoms with Crippen LogP contribution in [0.2, 0.25) is 0 Å². The molecule has 2 atom stereocenters. The molecule has 1 rings (SSSR count). The van der Waals surface area contributed by atoms with Gasteiger partial charge in [-0.25, -0.2) is 8.42 Å². The fraction of sp³-hybridized carbons (Fsp3) is 1.00. The maximum absolute atomic E-state index is 11.4. The van der Waals surface area contributed by atoms with Crippen LogP contribution in [0, 0.1) is 5.92 Å². The predicted octanol–water partition coefficient (Wildman–Crippen LogP) is 0.562. The van der Waals surface area contributed by atoms with E-state index in [9.17, 15) is 13.5 Å². The Labute approximate surface area is 98.4 Å². The first-order chi connectivity index (χ1) is 7.55. The highest BCUT2D eigenvalue weighted by Gasteiger charge is 2.24. The summed E-state index contributed by atoms with van der Waals surface area (Å²) in [5.74, 6) is 0.804. The molecule has 0 saturated heterocycles. The molecule has 0 radical (unpaired) electrons. The minimum atomic E-state index is -2.87. The van der Waals surface area contributed by atoms with Crippen LogP contribution >= 0.6 is 0 Å². The van der Waals surface area contributed by atoms with Gasteiger partial charge in [-0.15, -0.1) is 0 Å². The summed E-state index contributed by atoms with van der Waals surface area (Å²) in [4.78, 5) is 0. The van der Waals surface area contributed by atoms with E-state index in [4.69, 9.17) is 0 Å². The maximum Gasteiger partial charge on any atom is 0.151 e. The number of sulfone groups is 1. The smallest absolute Gasteiger partial charge is 0.151 e. The van der Waals surface area contributed by atoms with Gasteiger partial charge < -0.3 is 10.4 Å². The molecule has 4 nitrogen and oxygen atoms in total. The lowest BCUT2D eigenvalue weighted by atomic mass is 10.1. The lowest BCUT2D eigenvalue weighted by Crippen LogP contribution is -2.31. The Morgan fingerprint density at radius 1 is 1.31 bits per heavy atom. The lowest BCUT2D eigenvalue weighted by Gasteiger charge is -2.14. The molecule has 1 saturated carbocycles. The quantitative estimate of drug-likeness (QED) is 0.647. The predicted molar refractivity (Wildman–Crippen MR) is 65.2 cm³/mol. The van der Waals surface area contributed by atoms with Crippen molar-refractivity contribution >= 4 is 9.84 Å². The first kappa shape index (κ1) is 13.9. The molecule has 0 aliphatic heterocycles. The van der Waals surface area contributed by atoms with E-state index in [1.54, 1.807) is 0 Å². The molecule has 2 N–H and O–H groups in total. The van der Waals surface area contributed by atoms with Crippen LogP contribution in [0.3, 0.4) is 0 Å². The minimum Gasteiger partial charge on any atom is -0.393 e. The zero-order valence-electron chi connectivity index (χ0n) is 9.98. The Balaban J connectivity index is 2.12. The normalized spacial score (nSPS) is 26.1. The standard InChI is InChI=1S/C11H23NO3S/c1-2-7-16(14,15)8-6-12-9-10-4-3-5-11(10)13/h10-13H,2-9H2,1H3. The summed E-state index contributed by atoms with van der Waals surface area (Å²) in [5, 5.41) is 12.7. The van der Waals surface area contributed by atoms with Crippen LogP contribution in [-0.4, -0.2) is 44.2 Å². The van der Waals surface area contributed by atoms with Gasteiger partial charge >= 0.3 is 0 Å². The highest BCUT2D eigenvalue weighted by Crippen LogP contribution is 2.24. The van der Waals surface area contributed by atoms with Crippen molar-refractivity contribution in [2.24, 2.45) is 5.92 Å². The van der Waals surface area contributed by atoms with Gasteiger partial charge in [0.2, 0.25) is 0 Å². The Kier molecular flexibility index (Phi) is 5.72. The number of nitrogens with one attached hydrogen (secondary N) is 1. The number of hydrogen-bond acceptors (Lipinski definition) is 4. The van der Waals surface area contributed by atoms with Gasteiger partial charge in [0.25, 0.3) is 0 Å². The summed E-state index contributed by atoms with van der Waals surface area (Å²) in [6, 6.07) is 0. The van der Waals surface area contributed by atoms with Crippen LogP contribution in [0.1, 0.15) is 32.6 Å². The summed E-state index contributed by atoms with van der Waals surface area (Å²) in [5.41, 5.74) is 0. The highest BCUT2D eigenvalue weighted by molar-refractivity contribution is 7.91. The molecule has 0 spiro atoms. The van der Waals surface area contributed by atoms with Gasteiger partial charge in [0.1, 0.15) is 0 Å². The van der Waals surface area contributed by atoms with E-state index >= 15 is 0 Å². The van der Waals surface area contributed by atoms with E-state index in [1.807, 2.05) is 6.92 Å². The number of aliphatic hydroxyl groups is 1. The topological polar surface area (TPSA) is 66.4 Å². The average Bonchev–Trinajstić information content (AvgIpc) is 2.59. The lowest BCUT2D eigenvalue weighted by molar-refractivity contribution is 0.132. The molecule has 96 valence electrons. The molecule has 16 heavy (non-hydrogen) atoms. The number of rotatable bonds is 7. The van der Waals surface area contributed by atoms with Gasteiger partial charge in [-0.1, -0.05) is 13.3 Å². The summed E-state index contributed by atoms with van der Waals surface area (Å²) >= 11 is 0. The van der Waals surface area contributed by atoms with E-state index < -0.39 is 9.84 Å². The molecule has 0 aromatic carbocycles. The minimum absolute atomic E-state index is 0.195. The van der Waals surface area contributed by atoms with Crippen LogP contribution in [0.5, 0.6) is 0 Å². The summed E-state index contributed by atoms with van der Waals surface area (Å²) < 4.78 is 22.8. The van der Waals surface area contributed by atoms with Crippen LogP contribution < -0.4 is 5.32 Å². The second kappa shape index (κ2) is 6.57. The van der Waals surface area contributed by atoms with E-state index in [2.05, 4.69) is 5.32 Å². The van der Waals surface area contributed by atoms with Gasteiger partial charge in [0.15, 0.2) is 9.84 Å². The second-order valence-corrected chi connectivity index (χ2v) is 6.92. The zero-order chi connectivity index (χ0) is 12.0. The molecule has 0 heterocycles. The Morgan fingerprint density at radius 3 is 2.62 bits per heavy atom. The molecule has 0 aromatic rings. The van der Waals surface area contributed by atoms with Crippen LogP contribution in [0.4, 0.5) is 0 Å². The third-order valence-electron chi connectivity index (χ3n) is 3.13. The van der Waals surface area contributed by atoms with Gasteiger partial charge in [0.05, 0.1) is 11.9 Å². The van der Waals surface area contributed by atoms with Crippen molar-refractivity contribution in [3.05, 3.63) is 0 Å². The molecular weight excluding hydrogens is 226 g/mol. The van der Waals surface area contributed by atoms with Gasteiger partial charge in [-0.05, 0) is 25.2 Å². The van der Waals surface area contributed by atoms with Crippen molar-refractivity contribution in [1.82, 2.24) is 5.32 Å². The zero-order valence-corrected chi connectivity index (χ0v) is 10.8. The largest absolute Gasteiger partial charge is 0.393 e. The van der Waals surface area contributed by atoms with Crippen molar-refractivity contribution in [3.8, 4) is 0 Å². The van der Waals surface area contributed by atoms with Crippen molar-refractivity contribution in [2.75, 3.05) is 24.6 Å². The van der Waals surface area contributed by atoms with E-state index in [1.165, 1.54) is 0 Å². The molecule has 1 aliphatic carbocycles. The summed E-state index contributed by atoms with van der Waals surface area (Å²) in [7, 11) is -2.87. The molecule has 0 bridgehead atoms. The third kappa shape index (κ3) is 4.80. The van der Waals surface area contributed by atoms with Crippen LogP contribution in [-0.2, 0) is 9.84 Å². The van der Waals surface area contributed by atoms with Gasteiger partial charge in [-0.2, -0.15) is 0 Å². The third-order valence-corrected chi connectivity index (χ3v) is 4.99. The number of hydrogen-bond donors (Lipinski definition) is 2. The fourth-order valence-electron chi connectivity index (χ4n) is 2.18. The van der Waals surface area contributed by atoms with Gasteiger partial charge in [-0.3, -0.25) is 0 Å². The van der Waals surface area contributed by atoms with Crippen molar-refractivity contribution < 1.29 is 13.5 Å². The van der Waals surface area contributed by atoms with E-state index in [0.717, 1.165) is 25.8 Å². The van der Waals surface area contributed by atoms with Crippen LogP contribution in [0.25, 0.3) is 0 Å². The van der Waals surface area contributed by atoms with E-state index in [0.29, 0.717) is 18.9 Å². The second-order valence-electron chi connectivity index (χ2n) is 4.61. The first-order valence-corrected chi connectivity index (χ1v) is 7.96. The monoisotopic (exact) mass is 249 g/mol. The number of aliphatic hydroxyl groups excluding tert-OH is 1. The molecule has 0 amide bonds. The van der Waals surface area contributed by atoms with Crippen molar-refractivity contribution in [2.45, 2.75) is 38.7 Å². The molecule has 1 fully saturated rings. The first-order valence-electron chi connectivity index (χ1n) is 6.14. The summed E-state index contributed by atoms with van der Waals surface area (Å²) in [6.07, 6.45) is 3.52. The van der Waals surface area contributed by atoms with Gasteiger partial charge in [0, 0.05) is 18.8 Å². The maximum atomic E-state index is 11.4. The van der Waals surface area contributed by atoms with E-state index in [-0.39, 0.29) is 17.6 Å². The average molecular weight is 249 g/mol. The molecule has 5 heteroatoms. The Hall–Kier alpha value is -0.130. The molecule has 0 aromatic heterocycles. The molecule has 1 aliphatic rings. The SMILES string of the molecule is CCCS(=O)(=O)CCNCC1CCCC1O. The fourth-order valence-corrected chi connectivity index (χ4v) is 3.47. The highest BCUT2D eigenvalue weighted by atomic mass is 32.2. The molecular formula is C11H23NO3S. The Bertz CT molecular complexity index is 290.